The minimum absolute atomic E-state index is 0.0386. The van der Waals surface area contributed by atoms with Crippen molar-refractivity contribution >= 4 is 5.97 Å². The Kier molecular flexibility index (Phi) is 6.02. The number of hydrogen-bond acceptors (Lipinski definition) is 2. The maximum Gasteiger partial charge on any atom is 0.351 e. The lowest BCUT2D eigenvalue weighted by molar-refractivity contribution is -0.132. The number of hydrogen-bond donors (Lipinski definition) is 2. The molecule has 13 heavy (non-hydrogen) atoms. The second-order valence-corrected chi connectivity index (χ2v) is 3.45. The lowest BCUT2D eigenvalue weighted by Crippen LogP contribution is -2.10. The molecule has 0 aliphatic rings. The van der Waals surface area contributed by atoms with Crippen LogP contribution in [0.4, 0.5) is 0 Å². The Morgan fingerprint density at radius 1 is 1.62 bits per heavy atom. The number of carbonyl (C=O) groups is 1. The molecule has 0 amide bonds. The number of allylic oxidation sites excluding steroid dienone is 1. The summed E-state index contributed by atoms with van der Waals surface area (Å²) in [6, 6.07) is 0. The van der Waals surface area contributed by atoms with Gasteiger partial charge in [0.1, 0.15) is 5.70 Å². The fraction of sp³-hybridized carbons (Fsp3) is 0.700. The summed E-state index contributed by atoms with van der Waals surface area (Å²) in [5.41, 5.74) is 5.22. The van der Waals surface area contributed by atoms with Gasteiger partial charge in [-0.2, -0.15) is 0 Å². The van der Waals surface area contributed by atoms with Crippen molar-refractivity contribution in [1.82, 2.24) is 0 Å². The quantitative estimate of drug-likeness (QED) is 0.623. The van der Waals surface area contributed by atoms with Gasteiger partial charge in [-0.3, -0.25) is 0 Å². The minimum atomic E-state index is -1.03. The molecule has 76 valence electrons. The van der Waals surface area contributed by atoms with Gasteiger partial charge in [-0.05, 0) is 12.3 Å². The topological polar surface area (TPSA) is 63.3 Å². The van der Waals surface area contributed by atoms with E-state index in [-0.39, 0.29) is 5.70 Å². The van der Waals surface area contributed by atoms with Gasteiger partial charge in [-0.1, -0.05) is 39.2 Å². The van der Waals surface area contributed by atoms with Gasteiger partial charge in [0.15, 0.2) is 0 Å². The molecule has 3 heteroatoms. The molecule has 0 aliphatic carbocycles. The van der Waals surface area contributed by atoms with Crippen LogP contribution in [-0.4, -0.2) is 11.1 Å². The van der Waals surface area contributed by atoms with Gasteiger partial charge in [0.05, 0.1) is 0 Å². The van der Waals surface area contributed by atoms with E-state index in [2.05, 4.69) is 13.8 Å². The molecule has 0 aromatic heterocycles. The predicted molar refractivity (Wildman–Crippen MR) is 53.2 cm³/mol. The Balaban J connectivity index is 3.73. The number of aliphatic carboxylic acids is 1. The van der Waals surface area contributed by atoms with Crippen LogP contribution in [-0.2, 0) is 4.79 Å². The summed E-state index contributed by atoms with van der Waals surface area (Å²) in [6.07, 6.45) is 5.88. The Morgan fingerprint density at radius 2 is 2.23 bits per heavy atom. The third kappa shape index (κ3) is 6.20. The van der Waals surface area contributed by atoms with Gasteiger partial charge in [0.25, 0.3) is 0 Å². The van der Waals surface area contributed by atoms with Gasteiger partial charge in [-0.25, -0.2) is 4.79 Å². The summed E-state index contributed by atoms with van der Waals surface area (Å²) in [5.74, 6) is -0.499. The van der Waals surface area contributed by atoms with E-state index in [1.807, 2.05) is 0 Å². The molecule has 0 aliphatic heterocycles. The van der Waals surface area contributed by atoms with E-state index >= 15 is 0 Å². The zero-order valence-corrected chi connectivity index (χ0v) is 8.42. The van der Waals surface area contributed by atoms with Crippen molar-refractivity contribution in [3.8, 4) is 0 Å². The summed E-state index contributed by atoms with van der Waals surface area (Å²) in [7, 11) is 0. The van der Waals surface area contributed by atoms with Crippen LogP contribution in [0.15, 0.2) is 11.8 Å². The molecule has 0 aromatic carbocycles. The summed E-state index contributed by atoms with van der Waals surface area (Å²) in [5, 5.41) is 8.48. The Hall–Kier alpha value is -0.990. The standard InChI is InChI=1S/C10H19NO2/c1-3-4-5-8(2)6-7-9(11)10(12)13/h7-8H,3-6,11H2,1-2H3,(H,12,13). The Morgan fingerprint density at radius 3 is 2.69 bits per heavy atom. The van der Waals surface area contributed by atoms with Gasteiger partial charge in [0.2, 0.25) is 0 Å². The molecule has 0 aromatic rings. The van der Waals surface area contributed by atoms with Crippen molar-refractivity contribution in [1.29, 1.82) is 0 Å². The van der Waals surface area contributed by atoms with Crippen molar-refractivity contribution in [3.63, 3.8) is 0 Å². The second kappa shape index (κ2) is 6.52. The van der Waals surface area contributed by atoms with Crippen molar-refractivity contribution < 1.29 is 9.90 Å². The lowest BCUT2D eigenvalue weighted by Gasteiger charge is -2.06. The molecule has 0 bridgehead atoms. The molecular formula is C10H19NO2. The molecule has 1 atom stereocenters. The average Bonchev–Trinajstić information content (AvgIpc) is 2.10. The maximum atomic E-state index is 10.3. The first-order valence-electron chi connectivity index (χ1n) is 4.76. The third-order valence-electron chi connectivity index (χ3n) is 2.04. The summed E-state index contributed by atoms with van der Waals surface area (Å²) < 4.78 is 0. The van der Waals surface area contributed by atoms with Gasteiger partial charge >= 0.3 is 5.97 Å². The molecule has 3 N–H and O–H groups in total. The van der Waals surface area contributed by atoms with Crippen molar-refractivity contribution in [2.75, 3.05) is 0 Å². The van der Waals surface area contributed by atoms with Crippen LogP contribution in [0, 0.1) is 5.92 Å². The van der Waals surface area contributed by atoms with E-state index in [1.54, 1.807) is 6.08 Å². The highest BCUT2D eigenvalue weighted by Crippen LogP contribution is 2.12. The second-order valence-electron chi connectivity index (χ2n) is 3.45. The van der Waals surface area contributed by atoms with E-state index in [1.165, 1.54) is 12.8 Å². The fourth-order valence-electron chi connectivity index (χ4n) is 1.09. The van der Waals surface area contributed by atoms with Crippen molar-refractivity contribution in [2.45, 2.75) is 39.5 Å². The zero-order valence-electron chi connectivity index (χ0n) is 8.42. The largest absolute Gasteiger partial charge is 0.477 e. The highest BCUT2D eigenvalue weighted by molar-refractivity contribution is 5.85. The molecule has 0 heterocycles. The van der Waals surface area contributed by atoms with Crippen molar-refractivity contribution in [3.05, 3.63) is 11.8 Å². The number of nitrogens with two attached hydrogens (primary N) is 1. The smallest absolute Gasteiger partial charge is 0.351 e. The molecule has 0 saturated heterocycles. The third-order valence-corrected chi connectivity index (χ3v) is 2.04. The SMILES string of the molecule is CCCCC(C)CC=C(N)C(=O)O. The van der Waals surface area contributed by atoms with Gasteiger partial charge in [-0.15, -0.1) is 0 Å². The lowest BCUT2D eigenvalue weighted by atomic mass is 10.0. The summed E-state index contributed by atoms with van der Waals surface area (Å²) in [6.45, 7) is 4.26. The van der Waals surface area contributed by atoms with Gasteiger partial charge in [0, 0.05) is 0 Å². The molecule has 3 nitrogen and oxygen atoms in total. The molecular weight excluding hydrogens is 166 g/mol. The summed E-state index contributed by atoms with van der Waals surface area (Å²) in [4.78, 5) is 10.3. The predicted octanol–water partition coefficient (Wildman–Crippen LogP) is 2.13. The summed E-state index contributed by atoms with van der Waals surface area (Å²) >= 11 is 0. The monoisotopic (exact) mass is 185 g/mol. The molecule has 0 saturated carbocycles. The number of carboxylic acids is 1. The van der Waals surface area contributed by atoms with E-state index < -0.39 is 5.97 Å². The van der Waals surface area contributed by atoms with Crippen LogP contribution in [0.2, 0.25) is 0 Å². The number of carboxylic acid groups (broad SMARTS) is 1. The first-order chi connectivity index (χ1) is 6.07. The van der Waals surface area contributed by atoms with Crippen LogP contribution >= 0.6 is 0 Å². The molecule has 0 rings (SSSR count). The maximum absolute atomic E-state index is 10.3. The van der Waals surface area contributed by atoms with Crippen LogP contribution in [0.25, 0.3) is 0 Å². The van der Waals surface area contributed by atoms with E-state index in [0.717, 1.165) is 12.8 Å². The Bertz CT molecular complexity index is 187. The van der Waals surface area contributed by atoms with Crippen LogP contribution < -0.4 is 5.73 Å². The van der Waals surface area contributed by atoms with Crippen LogP contribution in [0.3, 0.4) is 0 Å². The van der Waals surface area contributed by atoms with Crippen LogP contribution in [0.5, 0.6) is 0 Å². The number of rotatable bonds is 6. The molecule has 1 unspecified atom stereocenters. The average molecular weight is 185 g/mol. The first-order valence-corrected chi connectivity index (χ1v) is 4.76. The van der Waals surface area contributed by atoms with E-state index in [0.29, 0.717) is 5.92 Å². The van der Waals surface area contributed by atoms with E-state index in [9.17, 15) is 4.79 Å². The highest BCUT2D eigenvalue weighted by atomic mass is 16.4. The van der Waals surface area contributed by atoms with Crippen LogP contribution in [0.1, 0.15) is 39.5 Å². The fourth-order valence-corrected chi connectivity index (χ4v) is 1.09. The zero-order chi connectivity index (χ0) is 10.3. The molecule has 0 radical (unpaired) electrons. The Labute approximate surface area is 79.6 Å². The highest BCUT2D eigenvalue weighted by Gasteiger charge is 2.03. The van der Waals surface area contributed by atoms with Crippen molar-refractivity contribution in [2.24, 2.45) is 11.7 Å². The van der Waals surface area contributed by atoms with Gasteiger partial charge < -0.3 is 10.8 Å². The first kappa shape index (κ1) is 12.0. The minimum Gasteiger partial charge on any atom is -0.477 e. The number of unbranched alkanes of at least 4 members (excludes halogenated alkanes) is 1. The normalized spacial score (nSPS) is 14.2. The van der Waals surface area contributed by atoms with E-state index in [4.69, 9.17) is 10.8 Å². The molecule has 0 fully saturated rings. The molecule has 0 spiro atoms.